The van der Waals surface area contributed by atoms with Crippen molar-refractivity contribution in [2.45, 2.75) is 6.42 Å². The monoisotopic (exact) mass is 286 g/mol. The highest BCUT2D eigenvalue weighted by Gasteiger charge is 2.38. The van der Waals surface area contributed by atoms with Crippen LogP contribution in [0.3, 0.4) is 0 Å². The summed E-state index contributed by atoms with van der Waals surface area (Å²) in [5, 5.41) is 9.35. The minimum Gasteiger partial charge on any atom is -0.496 e. The smallest absolute Gasteiger partial charge is 0.133 e. The first-order valence-corrected chi connectivity index (χ1v) is 5.99. The van der Waals surface area contributed by atoms with Crippen LogP contribution in [0.5, 0.6) is 5.75 Å². The highest BCUT2D eigenvalue weighted by Crippen LogP contribution is 2.33. The molecule has 0 aliphatic carbocycles. The van der Waals surface area contributed by atoms with Crippen LogP contribution in [0.4, 0.5) is 0 Å². The van der Waals surface area contributed by atoms with Gasteiger partial charge in [-0.3, -0.25) is 0 Å². The molecule has 1 aromatic rings. The van der Waals surface area contributed by atoms with Crippen LogP contribution in [0.25, 0.3) is 0 Å². The van der Waals surface area contributed by atoms with E-state index in [1.165, 1.54) is 5.56 Å². The number of ether oxygens (including phenoxy) is 2. The summed E-state index contributed by atoms with van der Waals surface area (Å²) in [6.07, 6.45) is 0.839. The number of aliphatic hydroxyl groups excluding tert-OH is 1. The third kappa shape index (κ3) is 2.24. The van der Waals surface area contributed by atoms with Gasteiger partial charge in [-0.15, -0.1) is 0 Å². The van der Waals surface area contributed by atoms with Crippen LogP contribution in [-0.2, 0) is 11.2 Å². The molecule has 1 heterocycles. The maximum absolute atomic E-state index is 9.35. The van der Waals surface area contributed by atoms with Crippen LogP contribution >= 0.6 is 15.9 Å². The van der Waals surface area contributed by atoms with Crippen LogP contribution in [0.1, 0.15) is 5.56 Å². The maximum atomic E-state index is 9.35. The molecule has 0 atom stereocenters. The van der Waals surface area contributed by atoms with E-state index in [4.69, 9.17) is 9.47 Å². The molecule has 1 aromatic carbocycles. The number of aliphatic hydroxyl groups is 1. The largest absolute Gasteiger partial charge is 0.496 e. The molecule has 1 saturated heterocycles. The second-order valence-corrected chi connectivity index (χ2v) is 5.15. The first-order chi connectivity index (χ1) is 7.69. The van der Waals surface area contributed by atoms with Crippen molar-refractivity contribution in [3.8, 4) is 5.75 Å². The summed E-state index contributed by atoms with van der Waals surface area (Å²) in [6.45, 7) is 1.47. The molecular weight excluding hydrogens is 272 g/mol. The molecule has 0 bridgehead atoms. The van der Waals surface area contributed by atoms with Crippen molar-refractivity contribution in [2.24, 2.45) is 5.41 Å². The number of rotatable bonds is 4. The SMILES string of the molecule is COc1ccc(CC2(CO)COC2)cc1Br. The van der Waals surface area contributed by atoms with Gasteiger partial charge in [-0.25, -0.2) is 0 Å². The van der Waals surface area contributed by atoms with Crippen molar-refractivity contribution in [1.82, 2.24) is 0 Å². The lowest BCUT2D eigenvalue weighted by Gasteiger charge is -2.40. The summed E-state index contributed by atoms with van der Waals surface area (Å²) in [5.41, 5.74) is 1.11. The molecule has 0 aromatic heterocycles. The first-order valence-electron chi connectivity index (χ1n) is 5.20. The highest BCUT2D eigenvalue weighted by atomic mass is 79.9. The Morgan fingerprint density at radius 3 is 2.69 bits per heavy atom. The van der Waals surface area contributed by atoms with Gasteiger partial charge < -0.3 is 14.6 Å². The van der Waals surface area contributed by atoms with Gasteiger partial charge in [0.05, 0.1) is 31.4 Å². The minimum atomic E-state index is -0.0754. The van der Waals surface area contributed by atoms with Crippen LogP contribution in [0.2, 0.25) is 0 Å². The molecule has 1 aliphatic rings. The molecule has 4 heteroatoms. The zero-order valence-electron chi connectivity index (χ0n) is 9.20. The van der Waals surface area contributed by atoms with Gasteiger partial charge in [-0.2, -0.15) is 0 Å². The third-order valence-corrected chi connectivity index (χ3v) is 3.57. The van der Waals surface area contributed by atoms with Crippen molar-refractivity contribution >= 4 is 15.9 Å². The Hall–Kier alpha value is -0.580. The van der Waals surface area contributed by atoms with Gasteiger partial charge in [-0.1, -0.05) is 6.07 Å². The molecule has 0 radical (unpaired) electrons. The van der Waals surface area contributed by atoms with Crippen LogP contribution in [0, 0.1) is 5.41 Å². The molecule has 1 fully saturated rings. The van der Waals surface area contributed by atoms with Gasteiger partial charge in [0.1, 0.15) is 5.75 Å². The maximum Gasteiger partial charge on any atom is 0.133 e. The zero-order valence-corrected chi connectivity index (χ0v) is 10.8. The van der Waals surface area contributed by atoms with Crippen molar-refractivity contribution in [3.05, 3.63) is 28.2 Å². The number of hydrogen-bond acceptors (Lipinski definition) is 3. The summed E-state index contributed by atoms with van der Waals surface area (Å²) in [7, 11) is 1.65. The van der Waals surface area contributed by atoms with E-state index in [2.05, 4.69) is 15.9 Å². The summed E-state index contributed by atoms with van der Waals surface area (Å²) < 4.78 is 11.3. The predicted molar refractivity (Wildman–Crippen MR) is 64.7 cm³/mol. The summed E-state index contributed by atoms with van der Waals surface area (Å²) in [5.74, 6) is 0.826. The molecule has 3 nitrogen and oxygen atoms in total. The Bertz CT molecular complexity index is 369. The van der Waals surface area contributed by atoms with Crippen molar-refractivity contribution in [2.75, 3.05) is 26.9 Å². The van der Waals surface area contributed by atoms with Crippen molar-refractivity contribution < 1.29 is 14.6 Å². The van der Waals surface area contributed by atoms with E-state index in [1.807, 2.05) is 18.2 Å². The lowest BCUT2D eigenvalue weighted by Crippen LogP contribution is -2.47. The third-order valence-electron chi connectivity index (χ3n) is 2.95. The van der Waals surface area contributed by atoms with Crippen molar-refractivity contribution in [1.29, 1.82) is 0 Å². The molecule has 0 unspecified atom stereocenters. The normalized spacial score (nSPS) is 17.9. The van der Waals surface area contributed by atoms with Gasteiger partial charge >= 0.3 is 0 Å². The van der Waals surface area contributed by atoms with Crippen molar-refractivity contribution in [3.63, 3.8) is 0 Å². The second kappa shape index (κ2) is 4.73. The molecular formula is C12H15BrO3. The average Bonchev–Trinajstić information content (AvgIpc) is 2.24. The van der Waals surface area contributed by atoms with Gasteiger partial charge in [0.15, 0.2) is 0 Å². The van der Waals surface area contributed by atoms with E-state index >= 15 is 0 Å². The Kier molecular flexibility index (Phi) is 3.52. The fourth-order valence-corrected chi connectivity index (χ4v) is 2.48. The number of halogens is 1. The van der Waals surface area contributed by atoms with Crippen LogP contribution in [-0.4, -0.2) is 32.0 Å². The highest BCUT2D eigenvalue weighted by molar-refractivity contribution is 9.10. The lowest BCUT2D eigenvalue weighted by molar-refractivity contribution is -0.136. The van der Waals surface area contributed by atoms with Crippen LogP contribution < -0.4 is 4.74 Å². The number of methoxy groups -OCH3 is 1. The molecule has 88 valence electrons. The average molecular weight is 287 g/mol. The standard InChI is InChI=1S/C12H15BrO3/c1-15-11-3-2-9(4-10(11)13)5-12(6-14)7-16-8-12/h2-4,14H,5-8H2,1H3. The molecule has 0 spiro atoms. The van der Waals surface area contributed by atoms with Gasteiger partial charge in [0.2, 0.25) is 0 Å². The predicted octanol–water partition coefficient (Wildman–Crippen LogP) is 2.01. The Morgan fingerprint density at radius 1 is 1.50 bits per heavy atom. The van der Waals surface area contributed by atoms with E-state index in [-0.39, 0.29) is 12.0 Å². The molecule has 2 rings (SSSR count). The Balaban J connectivity index is 2.13. The topological polar surface area (TPSA) is 38.7 Å². The molecule has 1 aliphatic heterocycles. The van der Waals surface area contributed by atoms with E-state index in [1.54, 1.807) is 7.11 Å². The van der Waals surface area contributed by atoms with Gasteiger partial charge in [0.25, 0.3) is 0 Å². The van der Waals surface area contributed by atoms with E-state index < -0.39 is 0 Å². The molecule has 16 heavy (non-hydrogen) atoms. The number of hydrogen-bond donors (Lipinski definition) is 1. The lowest BCUT2D eigenvalue weighted by atomic mass is 9.81. The Morgan fingerprint density at radius 2 is 2.25 bits per heavy atom. The Labute approximate surface area is 104 Å². The number of benzene rings is 1. The van der Waals surface area contributed by atoms with E-state index in [0.717, 1.165) is 16.6 Å². The summed E-state index contributed by atoms with van der Waals surface area (Å²) in [6, 6.07) is 6.00. The first kappa shape index (κ1) is 11.9. The molecule has 0 saturated carbocycles. The zero-order chi connectivity index (χ0) is 11.6. The quantitative estimate of drug-likeness (QED) is 0.920. The van der Waals surface area contributed by atoms with Crippen LogP contribution in [0.15, 0.2) is 22.7 Å². The minimum absolute atomic E-state index is 0.0754. The molecule has 0 amide bonds. The summed E-state index contributed by atoms with van der Waals surface area (Å²) >= 11 is 3.46. The van der Waals surface area contributed by atoms with Gasteiger partial charge in [0, 0.05) is 5.41 Å². The molecule has 1 N–H and O–H groups in total. The fourth-order valence-electron chi connectivity index (χ4n) is 1.89. The fraction of sp³-hybridized carbons (Fsp3) is 0.500. The van der Waals surface area contributed by atoms with E-state index in [0.29, 0.717) is 13.2 Å². The van der Waals surface area contributed by atoms with Gasteiger partial charge in [-0.05, 0) is 40.0 Å². The second-order valence-electron chi connectivity index (χ2n) is 4.30. The summed E-state index contributed by atoms with van der Waals surface area (Å²) in [4.78, 5) is 0. The van der Waals surface area contributed by atoms with E-state index in [9.17, 15) is 5.11 Å².